The van der Waals surface area contributed by atoms with Gasteiger partial charge >= 0.3 is 0 Å². The standard InChI is InChI=1S/C22H22ClN7O/c1-12-5-20(24)28-13(2)17(12)9-27-22(31)18-11-30(29-21(18)25)10-14-3-4-19-15(6-14)7-16(23)8-26-19/h3-8,11H,9-10H2,1-2H3,(H2,24,28)(H2,25,29)(H,27,31). The zero-order chi connectivity index (χ0) is 22.1. The zero-order valence-electron chi connectivity index (χ0n) is 17.2. The molecule has 3 aromatic heterocycles. The molecule has 0 saturated carbocycles. The van der Waals surface area contributed by atoms with Crippen LogP contribution in [0.2, 0.25) is 5.02 Å². The second kappa shape index (κ2) is 8.23. The number of anilines is 2. The van der Waals surface area contributed by atoms with E-state index in [4.69, 9.17) is 23.1 Å². The van der Waals surface area contributed by atoms with Crippen molar-refractivity contribution in [3.05, 3.63) is 75.7 Å². The molecule has 4 rings (SSSR count). The highest BCUT2D eigenvalue weighted by Crippen LogP contribution is 2.20. The number of rotatable bonds is 5. The van der Waals surface area contributed by atoms with Gasteiger partial charge in [-0.25, -0.2) is 4.98 Å². The topological polar surface area (TPSA) is 125 Å². The summed E-state index contributed by atoms with van der Waals surface area (Å²) in [5.74, 6) is 0.336. The largest absolute Gasteiger partial charge is 0.384 e. The predicted molar refractivity (Wildman–Crippen MR) is 122 cm³/mol. The molecule has 0 aliphatic carbocycles. The second-order valence-corrected chi connectivity index (χ2v) is 7.85. The number of carbonyl (C=O) groups excluding carboxylic acids is 1. The molecule has 0 bridgehead atoms. The first-order valence-corrected chi connectivity index (χ1v) is 10.1. The molecule has 158 valence electrons. The van der Waals surface area contributed by atoms with Crippen molar-refractivity contribution in [2.24, 2.45) is 0 Å². The fraction of sp³-hybridized carbons (Fsp3) is 0.182. The van der Waals surface area contributed by atoms with Gasteiger partial charge in [0.25, 0.3) is 5.91 Å². The monoisotopic (exact) mass is 435 g/mol. The maximum Gasteiger partial charge on any atom is 0.256 e. The molecule has 1 aromatic carbocycles. The molecule has 0 unspecified atom stereocenters. The van der Waals surface area contributed by atoms with Gasteiger partial charge in [0.2, 0.25) is 0 Å². The van der Waals surface area contributed by atoms with Gasteiger partial charge < -0.3 is 16.8 Å². The van der Waals surface area contributed by atoms with Crippen LogP contribution in [0.5, 0.6) is 0 Å². The minimum atomic E-state index is -0.297. The molecule has 3 heterocycles. The van der Waals surface area contributed by atoms with Crippen LogP contribution in [0.15, 0.2) is 42.7 Å². The van der Waals surface area contributed by atoms with Crippen LogP contribution in [-0.4, -0.2) is 25.7 Å². The highest BCUT2D eigenvalue weighted by atomic mass is 35.5. The number of pyridine rings is 2. The van der Waals surface area contributed by atoms with Gasteiger partial charge in [0.05, 0.1) is 17.1 Å². The van der Waals surface area contributed by atoms with Crippen LogP contribution in [0.25, 0.3) is 10.9 Å². The number of fused-ring (bicyclic) bond motifs is 1. The lowest BCUT2D eigenvalue weighted by Crippen LogP contribution is -2.24. The molecule has 0 saturated heterocycles. The van der Waals surface area contributed by atoms with Gasteiger partial charge in [-0.3, -0.25) is 14.5 Å². The van der Waals surface area contributed by atoms with Crippen molar-refractivity contribution < 1.29 is 4.79 Å². The number of hydrogen-bond acceptors (Lipinski definition) is 6. The average Bonchev–Trinajstić information content (AvgIpc) is 3.06. The Morgan fingerprint density at radius 2 is 2.00 bits per heavy atom. The molecule has 0 fully saturated rings. The summed E-state index contributed by atoms with van der Waals surface area (Å²) < 4.78 is 1.64. The Morgan fingerprint density at radius 1 is 1.19 bits per heavy atom. The number of amides is 1. The molecule has 0 aliphatic heterocycles. The van der Waals surface area contributed by atoms with E-state index in [9.17, 15) is 4.79 Å². The Labute approximate surface area is 184 Å². The first-order chi connectivity index (χ1) is 14.8. The van der Waals surface area contributed by atoms with Gasteiger partial charge in [-0.2, -0.15) is 5.10 Å². The maximum atomic E-state index is 12.7. The van der Waals surface area contributed by atoms with Crippen molar-refractivity contribution in [3.63, 3.8) is 0 Å². The van der Waals surface area contributed by atoms with Gasteiger partial charge in [0.1, 0.15) is 11.4 Å². The van der Waals surface area contributed by atoms with Crippen LogP contribution in [0.3, 0.4) is 0 Å². The molecule has 31 heavy (non-hydrogen) atoms. The number of aryl methyl sites for hydroxylation is 2. The van der Waals surface area contributed by atoms with E-state index in [0.29, 0.717) is 29.5 Å². The smallest absolute Gasteiger partial charge is 0.256 e. The second-order valence-electron chi connectivity index (χ2n) is 7.42. The van der Waals surface area contributed by atoms with E-state index in [0.717, 1.165) is 33.3 Å². The van der Waals surface area contributed by atoms with Crippen LogP contribution < -0.4 is 16.8 Å². The quantitative estimate of drug-likeness (QED) is 0.442. The summed E-state index contributed by atoms with van der Waals surface area (Å²) in [6.45, 7) is 4.58. The number of benzene rings is 1. The summed E-state index contributed by atoms with van der Waals surface area (Å²) >= 11 is 6.04. The van der Waals surface area contributed by atoms with Gasteiger partial charge in [-0.05, 0) is 54.8 Å². The number of nitrogens with one attached hydrogen (secondary N) is 1. The Balaban J connectivity index is 1.49. The lowest BCUT2D eigenvalue weighted by Gasteiger charge is -2.11. The number of nitrogen functional groups attached to an aromatic ring is 2. The molecular formula is C22H22ClN7O. The summed E-state index contributed by atoms with van der Waals surface area (Å²) in [6, 6.07) is 9.52. The molecule has 5 N–H and O–H groups in total. The van der Waals surface area contributed by atoms with Crippen molar-refractivity contribution in [1.82, 2.24) is 25.1 Å². The predicted octanol–water partition coefficient (Wildman–Crippen LogP) is 3.24. The number of aromatic nitrogens is 4. The molecule has 1 amide bonds. The Bertz CT molecular complexity index is 1280. The third kappa shape index (κ3) is 4.44. The fourth-order valence-corrected chi connectivity index (χ4v) is 3.72. The van der Waals surface area contributed by atoms with Crippen molar-refractivity contribution in [1.29, 1.82) is 0 Å². The molecular weight excluding hydrogens is 414 g/mol. The molecule has 0 aliphatic rings. The fourth-order valence-electron chi connectivity index (χ4n) is 3.55. The summed E-state index contributed by atoms with van der Waals surface area (Å²) in [5, 5.41) is 8.69. The number of nitrogens with zero attached hydrogens (tertiary/aromatic N) is 4. The maximum absolute atomic E-state index is 12.7. The summed E-state index contributed by atoms with van der Waals surface area (Å²) in [6.07, 6.45) is 3.26. The number of halogens is 1. The van der Waals surface area contributed by atoms with E-state index in [1.807, 2.05) is 38.1 Å². The highest BCUT2D eigenvalue weighted by molar-refractivity contribution is 6.31. The SMILES string of the molecule is Cc1cc(N)nc(C)c1CNC(=O)c1cn(Cc2ccc3ncc(Cl)cc3c2)nc1N. The van der Waals surface area contributed by atoms with E-state index in [1.165, 1.54) is 0 Å². The molecule has 8 nitrogen and oxygen atoms in total. The Morgan fingerprint density at radius 3 is 2.77 bits per heavy atom. The van der Waals surface area contributed by atoms with Crippen LogP contribution in [-0.2, 0) is 13.1 Å². The summed E-state index contributed by atoms with van der Waals surface area (Å²) in [7, 11) is 0. The van der Waals surface area contributed by atoms with Gasteiger partial charge in [0, 0.05) is 30.0 Å². The zero-order valence-corrected chi connectivity index (χ0v) is 17.9. The highest BCUT2D eigenvalue weighted by Gasteiger charge is 2.16. The van der Waals surface area contributed by atoms with Crippen molar-refractivity contribution in [3.8, 4) is 0 Å². The van der Waals surface area contributed by atoms with Crippen LogP contribution in [0.1, 0.15) is 32.7 Å². The lowest BCUT2D eigenvalue weighted by atomic mass is 10.1. The van der Waals surface area contributed by atoms with E-state index in [2.05, 4.69) is 20.4 Å². The van der Waals surface area contributed by atoms with Crippen LogP contribution in [0, 0.1) is 13.8 Å². The normalized spacial score (nSPS) is 11.1. The van der Waals surface area contributed by atoms with E-state index in [1.54, 1.807) is 23.1 Å². The molecule has 0 radical (unpaired) electrons. The summed E-state index contributed by atoms with van der Waals surface area (Å²) in [5.41, 5.74) is 16.6. The average molecular weight is 436 g/mol. The van der Waals surface area contributed by atoms with Crippen LogP contribution in [0.4, 0.5) is 11.6 Å². The Kier molecular flexibility index (Phi) is 5.48. The van der Waals surface area contributed by atoms with Gasteiger partial charge in [0.15, 0.2) is 5.82 Å². The van der Waals surface area contributed by atoms with Crippen LogP contribution >= 0.6 is 11.6 Å². The third-order valence-corrected chi connectivity index (χ3v) is 5.30. The van der Waals surface area contributed by atoms with Gasteiger partial charge in [-0.15, -0.1) is 0 Å². The Hall–Kier alpha value is -3.65. The third-order valence-electron chi connectivity index (χ3n) is 5.09. The molecule has 9 heteroatoms. The number of hydrogen-bond donors (Lipinski definition) is 3. The van der Waals surface area contributed by atoms with Crippen molar-refractivity contribution >= 4 is 40.0 Å². The number of carbonyl (C=O) groups is 1. The molecule has 4 aromatic rings. The lowest BCUT2D eigenvalue weighted by molar-refractivity contribution is 0.0951. The van der Waals surface area contributed by atoms with Crippen molar-refractivity contribution in [2.75, 3.05) is 11.5 Å². The number of nitrogens with two attached hydrogens (primary N) is 2. The van der Waals surface area contributed by atoms with Gasteiger partial charge in [-0.1, -0.05) is 17.7 Å². The van der Waals surface area contributed by atoms with Crippen molar-refractivity contribution in [2.45, 2.75) is 26.9 Å². The molecule has 0 atom stereocenters. The molecule has 0 spiro atoms. The summed E-state index contributed by atoms with van der Waals surface area (Å²) in [4.78, 5) is 21.2. The van der Waals surface area contributed by atoms with E-state index in [-0.39, 0.29) is 11.7 Å². The minimum absolute atomic E-state index is 0.173. The minimum Gasteiger partial charge on any atom is -0.384 e. The first kappa shape index (κ1) is 20.6. The van der Waals surface area contributed by atoms with E-state index >= 15 is 0 Å². The first-order valence-electron chi connectivity index (χ1n) is 9.68. The van der Waals surface area contributed by atoms with E-state index < -0.39 is 0 Å².